The third-order valence-corrected chi connectivity index (χ3v) is 3.33. The van der Waals surface area contributed by atoms with Crippen molar-refractivity contribution in [3.8, 4) is 0 Å². The van der Waals surface area contributed by atoms with E-state index in [4.69, 9.17) is 0 Å². The summed E-state index contributed by atoms with van der Waals surface area (Å²) in [6.07, 6.45) is 3.84. The van der Waals surface area contributed by atoms with Crippen LogP contribution in [0.4, 0.5) is 0 Å². The van der Waals surface area contributed by atoms with Crippen LogP contribution in [0.3, 0.4) is 0 Å². The summed E-state index contributed by atoms with van der Waals surface area (Å²) in [4.78, 5) is 1.45. The largest absolute Gasteiger partial charge is 0.313 e. The average Bonchev–Trinajstić information content (AvgIpc) is 2.54. The van der Waals surface area contributed by atoms with Crippen molar-refractivity contribution in [3.63, 3.8) is 0 Å². The Morgan fingerprint density at radius 3 is 2.77 bits per heavy atom. The summed E-state index contributed by atoms with van der Waals surface area (Å²) in [5, 5.41) is 5.57. The van der Waals surface area contributed by atoms with Gasteiger partial charge in [0.05, 0.1) is 0 Å². The molecule has 1 aromatic heterocycles. The Morgan fingerprint density at radius 2 is 2.31 bits per heavy atom. The van der Waals surface area contributed by atoms with Crippen LogP contribution >= 0.6 is 11.3 Å². The zero-order valence-corrected chi connectivity index (χ0v) is 9.58. The van der Waals surface area contributed by atoms with Crippen molar-refractivity contribution in [3.05, 3.63) is 21.9 Å². The summed E-state index contributed by atoms with van der Waals surface area (Å²) in [6.45, 7) is 4.45. The minimum atomic E-state index is 0.561. The van der Waals surface area contributed by atoms with Crippen molar-refractivity contribution >= 4 is 11.3 Å². The topological polar surface area (TPSA) is 12.0 Å². The van der Waals surface area contributed by atoms with Crippen molar-refractivity contribution in [2.45, 2.75) is 39.2 Å². The van der Waals surface area contributed by atoms with Crippen LogP contribution in [0.5, 0.6) is 0 Å². The van der Waals surface area contributed by atoms with E-state index in [1.807, 2.05) is 11.3 Å². The molecule has 0 saturated carbocycles. The molecule has 0 fully saturated rings. The van der Waals surface area contributed by atoms with E-state index in [0.717, 1.165) is 0 Å². The van der Waals surface area contributed by atoms with Crippen molar-refractivity contribution in [1.82, 2.24) is 5.32 Å². The SMILES string of the molecule is CCCCC(NC)c1ccsc1C. The Morgan fingerprint density at radius 1 is 1.54 bits per heavy atom. The first kappa shape index (κ1) is 10.7. The normalized spacial score (nSPS) is 13.2. The number of thiophene rings is 1. The molecule has 13 heavy (non-hydrogen) atoms. The first-order valence-corrected chi connectivity index (χ1v) is 5.88. The minimum absolute atomic E-state index is 0.561. The summed E-state index contributed by atoms with van der Waals surface area (Å²) in [5.74, 6) is 0. The van der Waals surface area contributed by atoms with Gasteiger partial charge in [-0.1, -0.05) is 19.8 Å². The summed E-state index contributed by atoms with van der Waals surface area (Å²) in [5.41, 5.74) is 1.49. The molecule has 1 rings (SSSR count). The molecule has 0 amide bonds. The molecule has 0 aliphatic carbocycles. The van der Waals surface area contributed by atoms with Gasteiger partial charge in [0.2, 0.25) is 0 Å². The predicted octanol–water partition coefficient (Wildman–Crippen LogP) is 3.51. The molecule has 0 aromatic carbocycles. The van der Waals surface area contributed by atoms with Crippen LogP contribution in [0.2, 0.25) is 0 Å². The third kappa shape index (κ3) is 2.82. The van der Waals surface area contributed by atoms with E-state index in [9.17, 15) is 0 Å². The van der Waals surface area contributed by atoms with E-state index >= 15 is 0 Å². The molecule has 74 valence electrons. The number of nitrogens with one attached hydrogen (secondary N) is 1. The van der Waals surface area contributed by atoms with E-state index in [1.165, 1.54) is 29.7 Å². The highest BCUT2D eigenvalue weighted by molar-refractivity contribution is 7.10. The van der Waals surface area contributed by atoms with E-state index in [-0.39, 0.29) is 0 Å². The van der Waals surface area contributed by atoms with Gasteiger partial charge in [0, 0.05) is 10.9 Å². The summed E-state index contributed by atoms with van der Waals surface area (Å²) < 4.78 is 0. The molecule has 0 spiro atoms. The molecule has 2 heteroatoms. The van der Waals surface area contributed by atoms with Crippen LogP contribution in [0.25, 0.3) is 0 Å². The minimum Gasteiger partial charge on any atom is -0.313 e. The van der Waals surface area contributed by atoms with Crippen molar-refractivity contribution in [1.29, 1.82) is 0 Å². The van der Waals surface area contributed by atoms with E-state index in [0.29, 0.717) is 6.04 Å². The zero-order valence-electron chi connectivity index (χ0n) is 8.76. The predicted molar refractivity (Wildman–Crippen MR) is 60.4 cm³/mol. The molecule has 1 N–H and O–H groups in total. The number of rotatable bonds is 5. The van der Waals surface area contributed by atoms with Crippen LogP contribution in [-0.4, -0.2) is 7.05 Å². The summed E-state index contributed by atoms with van der Waals surface area (Å²) in [7, 11) is 2.05. The Kier molecular flexibility index (Phi) is 4.46. The second-order valence-electron chi connectivity index (χ2n) is 3.42. The van der Waals surface area contributed by atoms with E-state index in [2.05, 4.69) is 37.7 Å². The van der Waals surface area contributed by atoms with Gasteiger partial charge in [-0.25, -0.2) is 0 Å². The van der Waals surface area contributed by atoms with Crippen LogP contribution in [0.1, 0.15) is 42.7 Å². The Labute approximate surface area is 85.2 Å². The quantitative estimate of drug-likeness (QED) is 0.761. The first-order chi connectivity index (χ1) is 6.29. The number of hydrogen-bond acceptors (Lipinski definition) is 2. The molecule has 1 nitrogen and oxygen atoms in total. The maximum Gasteiger partial charge on any atom is 0.0328 e. The second kappa shape index (κ2) is 5.40. The lowest BCUT2D eigenvalue weighted by atomic mass is 10.0. The third-order valence-electron chi connectivity index (χ3n) is 2.47. The monoisotopic (exact) mass is 197 g/mol. The lowest BCUT2D eigenvalue weighted by Crippen LogP contribution is -2.16. The van der Waals surface area contributed by atoms with Crippen molar-refractivity contribution in [2.24, 2.45) is 0 Å². The molecule has 1 aromatic rings. The number of hydrogen-bond donors (Lipinski definition) is 1. The summed E-state index contributed by atoms with van der Waals surface area (Å²) in [6, 6.07) is 2.81. The van der Waals surface area contributed by atoms with Crippen molar-refractivity contribution < 1.29 is 0 Å². The maximum absolute atomic E-state index is 3.39. The van der Waals surface area contributed by atoms with E-state index < -0.39 is 0 Å². The average molecular weight is 197 g/mol. The zero-order chi connectivity index (χ0) is 9.68. The molecule has 0 aliphatic heterocycles. The first-order valence-electron chi connectivity index (χ1n) is 5.00. The van der Waals surface area contributed by atoms with Gasteiger partial charge in [0.1, 0.15) is 0 Å². The van der Waals surface area contributed by atoms with Crippen LogP contribution in [0.15, 0.2) is 11.4 Å². The van der Waals surface area contributed by atoms with Gasteiger partial charge < -0.3 is 5.32 Å². The highest BCUT2D eigenvalue weighted by Crippen LogP contribution is 2.25. The fourth-order valence-corrected chi connectivity index (χ4v) is 2.39. The molecular weight excluding hydrogens is 178 g/mol. The molecule has 1 unspecified atom stereocenters. The molecule has 1 atom stereocenters. The van der Waals surface area contributed by atoms with Gasteiger partial charge >= 0.3 is 0 Å². The van der Waals surface area contributed by atoms with Crippen LogP contribution in [-0.2, 0) is 0 Å². The molecular formula is C11H19NS. The highest BCUT2D eigenvalue weighted by atomic mass is 32.1. The van der Waals surface area contributed by atoms with Gasteiger partial charge in [-0.2, -0.15) is 0 Å². The molecule has 0 aliphatic rings. The Balaban J connectivity index is 2.61. The lowest BCUT2D eigenvalue weighted by Gasteiger charge is -2.15. The lowest BCUT2D eigenvalue weighted by molar-refractivity contribution is 0.522. The fourth-order valence-electron chi connectivity index (χ4n) is 1.62. The molecule has 1 heterocycles. The van der Waals surface area contributed by atoms with Gasteiger partial charge in [0.15, 0.2) is 0 Å². The standard InChI is InChI=1S/C11H19NS/c1-4-5-6-11(12-3)10-7-8-13-9(10)2/h7-8,11-12H,4-6H2,1-3H3. The van der Waals surface area contributed by atoms with Gasteiger partial charge in [-0.05, 0) is 37.4 Å². The van der Waals surface area contributed by atoms with Gasteiger partial charge in [-0.3, -0.25) is 0 Å². The molecule has 0 bridgehead atoms. The number of aryl methyl sites for hydroxylation is 1. The molecule has 0 radical (unpaired) electrons. The van der Waals surface area contributed by atoms with Gasteiger partial charge in [-0.15, -0.1) is 11.3 Å². The number of unbranched alkanes of at least 4 members (excludes halogenated alkanes) is 1. The van der Waals surface area contributed by atoms with Gasteiger partial charge in [0.25, 0.3) is 0 Å². The van der Waals surface area contributed by atoms with Crippen LogP contribution < -0.4 is 5.32 Å². The summed E-state index contributed by atoms with van der Waals surface area (Å²) >= 11 is 1.84. The Bertz CT molecular complexity index is 242. The Hall–Kier alpha value is -0.340. The smallest absolute Gasteiger partial charge is 0.0328 e. The maximum atomic E-state index is 3.39. The highest BCUT2D eigenvalue weighted by Gasteiger charge is 2.11. The second-order valence-corrected chi connectivity index (χ2v) is 4.54. The molecule has 0 saturated heterocycles. The van der Waals surface area contributed by atoms with Crippen LogP contribution in [0, 0.1) is 6.92 Å². The van der Waals surface area contributed by atoms with E-state index in [1.54, 1.807) is 0 Å². The fraction of sp³-hybridized carbons (Fsp3) is 0.636. The van der Waals surface area contributed by atoms with Crippen molar-refractivity contribution in [2.75, 3.05) is 7.05 Å².